The van der Waals surface area contributed by atoms with Crippen LogP contribution in [-0.2, 0) is 0 Å². The zero-order valence-corrected chi connectivity index (χ0v) is 18.1. The van der Waals surface area contributed by atoms with Crippen LogP contribution in [0.15, 0.2) is 48.5 Å². The molecule has 150 valence electrons. The molecule has 3 rings (SSSR count). The molecule has 0 saturated carbocycles. The molecule has 1 N–H and O–H groups in total. The average molecular weight is 408 g/mol. The number of hydrogen-bond acceptors (Lipinski definition) is 3. The SMILES string of the molecule is Cc1cc(C)c(C(=O)N(c2cc(-c3ccccc3)sc2C(=O)O)C(C)C)cc1C. The van der Waals surface area contributed by atoms with Gasteiger partial charge in [0, 0.05) is 16.5 Å². The molecular weight excluding hydrogens is 382 g/mol. The summed E-state index contributed by atoms with van der Waals surface area (Å²) in [5.41, 5.74) is 5.04. The summed E-state index contributed by atoms with van der Waals surface area (Å²) >= 11 is 1.20. The number of benzene rings is 2. The summed E-state index contributed by atoms with van der Waals surface area (Å²) in [5.74, 6) is -1.21. The highest BCUT2D eigenvalue weighted by atomic mass is 32.1. The molecule has 1 heterocycles. The van der Waals surface area contributed by atoms with E-state index in [0.29, 0.717) is 11.3 Å². The second-order valence-electron chi connectivity index (χ2n) is 7.52. The minimum atomic E-state index is -1.03. The van der Waals surface area contributed by atoms with Crippen molar-refractivity contribution in [2.75, 3.05) is 4.90 Å². The van der Waals surface area contributed by atoms with E-state index >= 15 is 0 Å². The second kappa shape index (κ2) is 8.21. The molecule has 5 heteroatoms. The molecule has 0 bridgehead atoms. The van der Waals surface area contributed by atoms with Gasteiger partial charge in [-0.05, 0) is 69.0 Å². The molecule has 4 nitrogen and oxygen atoms in total. The van der Waals surface area contributed by atoms with Crippen LogP contribution in [0.3, 0.4) is 0 Å². The lowest BCUT2D eigenvalue weighted by Gasteiger charge is -2.27. The van der Waals surface area contributed by atoms with Crippen molar-refractivity contribution in [1.29, 1.82) is 0 Å². The molecule has 0 aliphatic rings. The summed E-state index contributed by atoms with van der Waals surface area (Å²) in [5, 5.41) is 9.82. The summed E-state index contributed by atoms with van der Waals surface area (Å²) in [4.78, 5) is 28.1. The Morgan fingerprint density at radius 1 is 0.931 bits per heavy atom. The van der Waals surface area contributed by atoms with E-state index in [9.17, 15) is 14.7 Å². The third-order valence-corrected chi connectivity index (χ3v) is 6.19. The van der Waals surface area contributed by atoms with Gasteiger partial charge in [-0.25, -0.2) is 4.79 Å². The average Bonchev–Trinajstić information content (AvgIpc) is 3.10. The van der Waals surface area contributed by atoms with Gasteiger partial charge < -0.3 is 10.0 Å². The predicted octanol–water partition coefficient (Wildman–Crippen LogP) is 6.09. The molecule has 2 aromatic carbocycles. The summed E-state index contributed by atoms with van der Waals surface area (Å²) in [6.07, 6.45) is 0. The Kier molecular flexibility index (Phi) is 5.89. The molecule has 0 unspecified atom stereocenters. The minimum absolute atomic E-state index is 0.174. The Morgan fingerprint density at radius 2 is 1.55 bits per heavy atom. The Balaban J connectivity index is 2.15. The van der Waals surface area contributed by atoms with Crippen LogP contribution in [-0.4, -0.2) is 23.0 Å². The maximum Gasteiger partial charge on any atom is 0.348 e. The van der Waals surface area contributed by atoms with Gasteiger partial charge in [-0.15, -0.1) is 11.3 Å². The summed E-state index contributed by atoms with van der Waals surface area (Å²) in [6, 6.07) is 15.2. The summed E-state index contributed by atoms with van der Waals surface area (Å²) < 4.78 is 0. The van der Waals surface area contributed by atoms with Gasteiger partial charge in [0.2, 0.25) is 0 Å². The van der Waals surface area contributed by atoms with Gasteiger partial charge in [-0.3, -0.25) is 4.79 Å². The molecule has 0 fully saturated rings. The normalized spacial score (nSPS) is 11.0. The molecule has 0 saturated heterocycles. The van der Waals surface area contributed by atoms with Crippen LogP contribution >= 0.6 is 11.3 Å². The third-order valence-electron chi connectivity index (χ3n) is 5.03. The van der Waals surface area contributed by atoms with Gasteiger partial charge in [0.05, 0.1) is 5.69 Å². The first-order chi connectivity index (χ1) is 13.7. The maximum absolute atomic E-state index is 13.5. The van der Waals surface area contributed by atoms with Crippen molar-refractivity contribution in [3.05, 3.63) is 75.7 Å². The topological polar surface area (TPSA) is 57.6 Å². The number of carbonyl (C=O) groups excluding carboxylic acids is 1. The van der Waals surface area contributed by atoms with Crippen LogP contribution in [0.2, 0.25) is 0 Å². The summed E-state index contributed by atoms with van der Waals surface area (Å²) in [6.45, 7) is 9.72. The number of rotatable bonds is 5. The Labute approximate surface area is 175 Å². The van der Waals surface area contributed by atoms with E-state index in [1.165, 1.54) is 11.3 Å². The van der Waals surface area contributed by atoms with Gasteiger partial charge in [0.15, 0.2) is 0 Å². The third kappa shape index (κ3) is 4.10. The smallest absolute Gasteiger partial charge is 0.348 e. The van der Waals surface area contributed by atoms with Crippen molar-refractivity contribution in [3.63, 3.8) is 0 Å². The van der Waals surface area contributed by atoms with Crippen molar-refractivity contribution < 1.29 is 14.7 Å². The molecule has 3 aromatic rings. The van der Waals surface area contributed by atoms with Crippen LogP contribution in [0, 0.1) is 20.8 Å². The lowest BCUT2D eigenvalue weighted by Crippen LogP contribution is -2.38. The standard InChI is InChI=1S/C24H25NO3S/c1-14(2)25(23(26)19-12-16(4)15(3)11-17(19)5)20-13-21(29-22(20)24(27)28)18-9-7-6-8-10-18/h6-14H,1-5H3,(H,27,28). The molecule has 0 spiro atoms. The van der Waals surface area contributed by atoms with Gasteiger partial charge in [-0.1, -0.05) is 36.4 Å². The number of carboxylic acid groups (broad SMARTS) is 1. The Bertz CT molecular complexity index is 1070. The van der Waals surface area contributed by atoms with E-state index in [1.807, 2.05) is 83.1 Å². The number of aromatic carboxylic acids is 1. The Morgan fingerprint density at radius 3 is 2.14 bits per heavy atom. The second-order valence-corrected chi connectivity index (χ2v) is 8.57. The largest absolute Gasteiger partial charge is 0.477 e. The van der Waals surface area contributed by atoms with Crippen molar-refractivity contribution in [2.24, 2.45) is 0 Å². The molecular formula is C24H25NO3S. The van der Waals surface area contributed by atoms with E-state index < -0.39 is 5.97 Å². The number of aryl methyl sites for hydroxylation is 3. The number of carbonyl (C=O) groups is 2. The first kappa shape index (κ1) is 20.8. The lowest BCUT2D eigenvalue weighted by atomic mass is 9.99. The van der Waals surface area contributed by atoms with Crippen LogP contribution in [0.1, 0.15) is 50.6 Å². The van der Waals surface area contributed by atoms with Crippen molar-refractivity contribution in [3.8, 4) is 10.4 Å². The maximum atomic E-state index is 13.5. The molecule has 0 atom stereocenters. The zero-order valence-electron chi connectivity index (χ0n) is 17.3. The van der Waals surface area contributed by atoms with Crippen molar-refractivity contribution in [1.82, 2.24) is 0 Å². The minimum Gasteiger partial charge on any atom is -0.477 e. The van der Waals surface area contributed by atoms with Crippen LogP contribution in [0.25, 0.3) is 10.4 Å². The first-order valence-electron chi connectivity index (χ1n) is 9.54. The van der Waals surface area contributed by atoms with Gasteiger partial charge in [0.25, 0.3) is 5.91 Å². The van der Waals surface area contributed by atoms with E-state index in [-0.39, 0.29) is 16.8 Å². The fraction of sp³-hybridized carbons (Fsp3) is 0.250. The quantitative estimate of drug-likeness (QED) is 0.556. The van der Waals surface area contributed by atoms with Crippen molar-refractivity contribution >= 4 is 28.9 Å². The van der Waals surface area contributed by atoms with E-state index in [4.69, 9.17) is 0 Å². The van der Waals surface area contributed by atoms with Crippen molar-refractivity contribution in [2.45, 2.75) is 40.7 Å². The molecule has 29 heavy (non-hydrogen) atoms. The first-order valence-corrected chi connectivity index (χ1v) is 10.4. The monoisotopic (exact) mass is 407 g/mol. The molecule has 1 aromatic heterocycles. The highest BCUT2D eigenvalue weighted by Crippen LogP contribution is 2.38. The van der Waals surface area contributed by atoms with Gasteiger partial charge in [0.1, 0.15) is 4.88 Å². The number of nitrogens with zero attached hydrogens (tertiary/aromatic N) is 1. The van der Waals surface area contributed by atoms with Crippen LogP contribution < -0.4 is 4.90 Å². The Hall–Kier alpha value is -2.92. The highest BCUT2D eigenvalue weighted by Gasteiger charge is 2.29. The molecule has 0 radical (unpaired) electrons. The zero-order chi connectivity index (χ0) is 21.3. The lowest BCUT2D eigenvalue weighted by molar-refractivity contribution is 0.0703. The summed E-state index contributed by atoms with van der Waals surface area (Å²) in [7, 11) is 0. The predicted molar refractivity (Wildman–Crippen MR) is 119 cm³/mol. The number of hydrogen-bond donors (Lipinski definition) is 1. The van der Waals surface area contributed by atoms with Gasteiger partial charge >= 0.3 is 5.97 Å². The number of amides is 1. The molecule has 0 aliphatic carbocycles. The molecule has 1 amide bonds. The fourth-order valence-electron chi connectivity index (χ4n) is 3.40. The number of carboxylic acids is 1. The van der Waals surface area contributed by atoms with Gasteiger partial charge in [-0.2, -0.15) is 0 Å². The van der Waals surface area contributed by atoms with E-state index in [0.717, 1.165) is 27.1 Å². The number of thiophene rings is 1. The van der Waals surface area contributed by atoms with E-state index in [2.05, 4.69) is 0 Å². The van der Waals surface area contributed by atoms with Crippen LogP contribution in [0.4, 0.5) is 5.69 Å². The highest BCUT2D eigenvalue weighted by molar-refractivity contribution is 7.18. The number of anilines is 1. The van der Waals surface area contributed by atoms with E-state index in [1.54, 1.807) is 4.90 Å². The fourth-order valence-corrected chi connectivity index (χ4v) is 4.39. The van der Waals surface area contributed by atoms with Crippen LogP contribution in [0.5, 0.6) is 0 Å². The molecule has 0 aliphatic heterocycles.